The molecule has 1 saturated carbocycles. The number of likely N-dealkylation sites (tertiary alicyclic amines) is 1. The van der Waals surface area contributed by atoms with Gasteiger partial charge in [-0.3, -0.25) is 4.79 Å². The normalized spacial score (nSPS) is 25.9. The molecule has 0 bridgehead atoms. The van der Waals surface area contributed by atoms with Crippen molar-refractivity contribution in [3.63, 3.8) is 0 Å². The van der Waals surface area contributed by atoms with Crippen molar-refractivity contribution in [2.45, 2.75) is 29.6 Å². The summed E-state index contributed by atoms with van der Waals surface area (Å²) in [5, 5.41) is 0. The fourth-order valence-corrected chi connectivity index (χ4v) is 3.62. The Morgan fingerprint density at radius 1 is 1.32 bits per heavy atom. The largest absolute Gasteiger partial charge is 0.497 e. The number of amides is 1. The number of methoxy groups -OCH3 is 2. The first kappa shape index (κ1) is 15.8. The van der Waals surface area contributed by atoms with Gasteiger partial charge < -0.3 is 14.4 Å². The fraction of sp³-hybridized carbons (Fsp3) is 0.562. The van der Waals surface area contributed by atoms with Gasteiger partial charge in [-0.25, -0.2) is 0 Å². The zero-order valence-corrected chi connectivity index (χ0v) is 14.2. The zero-order chi connectivity index (χ0) is 15.9. The maximum Gasteiger partial charge on any atom is 0.229 e. The maximum absolute atomic E-state index is 12.6. The molecule has 4 nitrogen and oxygen atoms in total. The first-order valence-corrected chi connectivity index (χ1v) is 8.13. The van der Waals surface area contributed by atoms with Crippen molar-refractivity contribution in [3.05, 3.63) is 23.8 Å². The van der Waals surface area contributed by atoms with E-state index < -0.39 is 4.33 Å². The van der Waals surface area contributed by atoms with Crippen molar-refractivity contribution in [2.24, 2.45) is 5.92 Å². The van der Waals surface area contributed by atoms with Crippen molar-refractivity contribution < 1.29 is 14.3 Å². The van der Waals surface area contributed by atoms with Gasteiger partial charge in [0.15, 0.2) is 0 Å². The Kier molecular flexibility index (Phi) is 4.17. The molecule has 1 aromatic carbocycles. The predicted molar refractivity (Wildman–Crippen MR) is 85.8 cm³/mol. The summed E-state index contributed by atoms with van der Waals surface area (Å²) < 4.78 is 9.82. The average molecular weight is 344 g/mol. The molecular formula is C16H19Cl2NO3. The van der Waals surface area contributed by atoms with E-state index >= 15 is 0 Å². The van der Waals surface area contributed by atoms with Gasteiger partial charge in [-0.2, -0.15) is 0 Å². The highest BCUT2D eigenvalue weighted by atomic mass is 35.5. The highest BCUT2D eigenvalue weighted by molar-refractivity contribution is 6.52. The van der Waals surface area contributed by atoms with Crippen LogP contribution in [0.3, 0.4) is 0 Å². The molecule has 1 saturated heterocycles. The van der Waals surface area contributed by atoms with E-state index in [9.17, 15) is 4.79 Å². The molecule has 1 amide bonds. The summed E-state index contributed by atoms with van der Waals surface area (Å²) in [6, 6.07) is 5.72. The van der Waals surface area contributed by atoms with Crippen molar-refractivity contribution >= 4 is 29.1 Å². The van der Waals surface area contributed by atoms with Gasteiger partial charge >= 0.3 is 0 Å². The lowest BCUT2D eigenvalue weighted by molar-refractivity contribution is -0.133. The number of hydrogen-bond donors (Lipinski definition) is 0. The number of nitrogens with zero attached hydrogens (tertiary/aromatic N) is 1. The number of ether oxygens (including phenoxy) is 2. The monoisotopic (exact) mass is 343 g/mol. The Morgan fingerprint density at radius 3 is 2.64 bits per heavy atom. The number of alkyl halides is 2. The molecule has 0 spiro atoms. The Morgan fingerprint density at radius 2 is 2.05 bits per heavy atom. The molecule has 1 aliphatic carbocycles. The molecule has 1 aromatic rings. The molecule has 2 fully saturated rings. The van der Waals surface area contributed by atoms with E-state index in [1.54, 1.807) is 14.2 Å². The second kappa shape index (κ2) is 5.82. The summed E-state index contributed by atoms with van der Waals surface area (Å²) in [6.07, 6.45) is 2.42. The highest BCUT2D eigenvalue weighted by Gasteiger charge is 2.58. The summed E-state index contributed by atoms with van der Waals surface area (Å²) in [6.45, 7) is 0.735. The fourth-order valence-electron chi connectivity index (χ4n) is 3.13. The molecule has 120 valence electrons. The summed E-state index contributed by atoms with van der Waals surface area (Å²) in [4.78, 5) is 14.5. The lowest BCUT2D eigenvalue weighted by atomic mass is 10.0. The Balaban J connectivity index is 1.86. The smallest absolute Gasteiger partial charge is 0.229 e. The van der Waals surface area contributed by atoms with Gasteiger partial charge in [0, 0.05) is 18.2 Å². The Bertz CT molecular complexity index is 591. The van der Waals surface area contributed by atoms with Crippen molar-refractivity contribution in [1.82, 2.24) is 4.90 Å². The van der Waals surface area contributed by atoms with Crippen LogP contribution in [-0.2, 0) is 4.79 Å². The number of carbonyl (C=O) groups excluding carboxylic acids is 1. The van der Waals surface area contributed by atoms with Crippen LogP contribution in [-0.4, -0.2) is 35.9 Å². The van der Waals surface area contributed by atoms with Crippen LogP contribution in [0.5, 0.6) is 11.5 Å². The van der Waals surface area contributed by atoms with Gasteiger partial charge in [0.05, 0.1) is 26.2 Å². The zero-order valence-electron chi connectivity index (χ0n) is 12.6. The van der Waals surface area contributed by atoms with E-state index in [1.807, 2.05) is 23.1 Å². The van der Waals surface area contributed by atoms with Crippen molar-refractivity contribution in [2.75, 3.05) is 20.8 Å². The second-order valence-electron chi connectivity index (χ2n) is 5.82. The van der Waals surface area contributed by atoms with Crippen LogP contribution in [0.1, 0.15) is 30.9 Å². The maximum atomic E-state index is 12.6. The first-order valence-electron chi connectivity index (χ1n) is 7.38. The van der Waals surface area contributed by atoms with Crippen LogP contribution in [0.4, 0.5) is 0 Å². The number of rotatable bonds is 4. The van der Waals surface area contributed by atoms with Crippen LogP contribution >= 0.6 is 23.2 Å². The van der Waals surface area contributed by atoms with Gasteiger partial charge in [-0.15, -0.1) is 23.2 Å². The summed E-state index contributed by atoms with van der Waals surface area (Å²) in [5.41, 5.74) is 1.00. The van der Waals surface area contributed by atoms with Crippen LogP contribution < -0.4 is 9.47 Å². The molecule has 2 aliphatic rings. The van der Waals surface area contributed by atoms with E-state index in [0.717, 1.165) is 36.4 Å². The van der Waals surface area contributed by atoms with Crippen molar-refractivity contribution in [1.29, 1.82) is 0 Å². The molecule has 1 aliphatic heterocycles. The SMILES string of the molecule is COc1ccc([C@H]2CCCN2C(=O)[C@@H]2CC2(Cl)Cl)c(OC)c1. The minimum Gasteiger partial charge on any atom is -0.497 e. The standard InChI is InChI=1S/C16H19Cl2NO3/c1-21-10-5-6-11(14(8-10)22-2)13-4-3-7-19(13)15(20)12-9-16(12,17)18/h5-6,8,12-13H,3-4,7,9H2,1-2H3/t12-,13+/m0/s1. The molecule has 0 unspecified atom stereocenters. The lowest BCUT2D eigenvalue weighted by Gasteiger charge is -2.27. The third kappa shape index (κ3) is 2.74. The molecule has 0 radical (unpaired) electrons. The quantitative estimate of drug-likeness (QED) is 0.784. The van der Waals surface area contributed by atoms with Crippen LogP contribution in [0.15, 0.2) is 18.2 Å². The molecule has 0 aromatic heterocycles. The highest BCUT2D eigenvalue weighted by Crippen LogP contribution is 2.55. The van der Waals surface area contributed by atoms with Gasteiger partial charge in [0.2, 0.25) is 5.91 Å². The minimum absolute atomic E-state index is 0.0121. The van der Waals surface area contributed by atoms with Crippen LogP contribution in [0.25, 0.3) is 0 Å². The Hall–Kier alpha value is -1.13. The summed E-state index contributed by atoms with van der Waals surface area (Å²) >= 11 is 12.1. The molecule has 3 rings (SSSR count). The predicted octanol–water partition coefficient (Wildman–Crippen LogP) is 3.56. The average Bonchev–Trinajstić information content (AvgIpc) is 2.94. The van der Waals surface area contributed by atoms with Crippen LogP contribution in [0.2, 0.25) is 0 Å². The van der Waals surface area contributed by atoms with Crippen LogP contribution in [0, 0.1) is 5.92 Å². The van der Waals surface area contributed by atoms with E-state index in [1.165, 1.54) is 0 Å². The van der Waals surface area contributed by atoms with E-state index in [2.05, 4.69) is 0 Å². The summed E-state index contributed by atoms with van der Waals surface area (Å²) in [7, 11) is 3.25. The minimum atomic E-state index is -0.881. The molecule has 22 heavy (non-hydrogen) atoms. The summed E-state index contributed by atoms with van der Waals surface area (Å²) in [5.74, 6) is 1.24. The van der Waals surface area contributed by atoms with Gasteiger partial charge in [-0.05, 0) is 31.4 Å². The van der Waals surface area contributed by atoms with E-state index in [-0.39, 0.29) is 17.9 Å². The third-order valence-corrected chi connectivity index (χ3v) is 5.30. The first-order chi connectivity index (χ1) is 10.5. The van der Waals surface area contributed by atoms with Gasteiger partial charge in [0.1, 0.15) is 15.8 Å². The second-order valence-corrected chi connectivity index (χ2v) is 7.36. The molecule has 2 atom stereocenters. The van der Waals surface area contributed by atoms with Gasteiger partial charge in [-0.1, -0.05) is 0 Å². The number of benzene rings is 1. The van der Waals surface area contributed by atoms with E-state index in [0.29, 0.717) is 6.42 Å². The number of halogens is 2. The third-order valence-electron chi connectivity index (χ3n) is 4.46. The molecule has 0 N–H and O–H groups in total. The van der Waals surface area contributed by atoms with Crippen molar-refractivity contribution in [3.8, 4) is 11.5 Å². The number of hydrogen-bond acceptors (Lipinski definition) is 3. The molecule has 6 heteroatoms. The van der Waals surface area contributed by atoms with Gasteiger partial charge in [0.25, 0.3) is 0 Å². The lowest BCUT2D eigenvalue weighted by Crippen LogP contribution is -2.33. The number of carbonyl (C=O) groups is 1. The Labute approximate surface area is 140 Å². The topological polar surface area (TPSA) is 38.8 Å². The van der Waals surface area contributed by atoms with E-state index in [4.69, 9.17) is 32.7 Å². The molecular weight excluding hydrogens is 325 g/mol. The molecule has 1 heterocycles.